The Labute approximate surface area is 113 Å². The van der Waals surface area contributed by atoms with Crippen LogP contribution in [0.25, 0.3) is 0 Å². The van der Waals surface area contributed by atoms with E-state index in [9.17, 15) is 17.6 Å². The Kier molecular flexibility index (Phi) is 13.7. The summed E-state index contributed by atoms with van der Waals surface area (Å²) in [6, 6.07) is 3.49. The normalized spacial score (nSPS) is 16.0. The Hall–Kier alpha value is 0.154. The second-order valence-electron chi connectivity index (χ2n) is 4.85. The zero-order valence-corrected chi connectivity index (χ0v) is 14.0. The molecule has 110 valence electrons. The van der Waals surface area contributed by atoms with Gasteiger partial charge in [-0.3, -0.25) is 8.78 Å². The molecule has 0 saturated carbocycles. The summed E-state index contributed by atoms with van der Waals surface area (Å²) in [5, 5.41) is 0. The van der Waals surface area contributed by atoms with Gasteiger partial charge in [-0.1, -0.05) is 12.1 Å². The first-order valence-electron chi connectivity index (χ1n) is 7.10. The molecule has 0 N–H and O–H groups in total. The molecule has 0 aromatic rings. The zero-order chi connectivity index (χ0) is 13.6. The fourth-order valence-corrected chi connectivity index (χ4v) is 6.84. The van der Waals surface area contributed by atoms with Crippen LogP contribution >= 0.6 is 0 Å². The van der Waals surface area contributed by atoms with E-state index in [2.05, 4.69) is 0 Å². The third kappa shape index (κ3) is 12.6. The van der Waals surface area contributed by atoms with Crippen molar-refractivity contribution in [3.63, 3.8) is 0 Å². The molecule has 0 aliphatic carbocycles. The molecule has 0 fully saturated rings. The molecule has 0 aromatic carbocycles. The minimum absolute atomic E-state index is 0.336. The first-order valence-corrected chi connectivity index (χ1v) is 11.1. The molecular weight excluding hydrogens is 276 g/mol. The molecule has 0 rings (SSSR count). The first kappa shape index (κ1) is 18.2. The Balaban J connectivity index is 3.19. The maximum atomic E-state index is 13.2. The van der Waals surface area contributed by atoms with E-state index in [1.165, 1.54) is 0 Å². The van der Waals surface area contributed by atoms with Crippen LogP contribution in [-0.4, -0.2) is 44.7 Å². The van der Waals surface area contributed by atoms with E-state index in [0.717, 1.165) is 12.1 Å². The van der Waals surface area contributed by atoms with Crippen LogP contribution in [-0.2, 0) is 0 Å². The molecule has 0 saturated heterocycles. The summed E-state index contributed by atoms with van der Waals surface area (Å²) in [5.74, 6) is 0. The third-order valence-corrected chi connectivity index (χ3v) is 8.16. The average Bonchev–Trinajstić information content (AvgIpc) is 2.37. The number of rotatable bonds is 13. The highest BCUT2D eigenvalue weighted by Crippen LogP contribution is 2.11. The fourth-order valence-electron chi connectivity index (χ4n) is 1.97. The van der Waals surface area contributed by atoms with Gasteiger partial charge in [0.2, 0.25) is 0 Å². The number of hydrogen-bond donors (Lipinski definition) is 0. The lowest BCUT2D eigenvalue weighted by Gasteiger charge is -2.07. The molecule has 0 nitrogen and oxygen atoms in total. The maximum Gasteiger partial charge on any atom is 0.0974 e. The van der Waals surface area contributed by atoms with Crippen molar-refractivity contribution >= 4 is 19.0 Å². The van der Waals surface area contributed by atoms with Gasteiger partial charge in [-0.15, -0.1) is 0 Å². The van der Waals surface area contributed by atoms with Gasteiger partial charge in [-0.2, -0.15) is 0 Å². The van der Waals surface area contributed by atoms with Crippen LogP contribution in [0.4, 0.5) is 17.6 Å². The van der Waals surface area contributed by atoms with Crippen LogP contribution in [0.15, 0.2) is 0 Å². The summed E-state index contributed by atoms with van der Waals surface area (Å²) >= 11 is 0. The predicted molar refractivity (Wildman–Crippen MR) is 76.5 cm³/mol. The minimum atomic E-state index is -0.812. The van der Waals surface area contributed by atoms with Crippen LogP contribution in [0.1, 0.15) is 25.7 Å². The molecule has 0 radical (unpaired) electrons. The topological polar surface area (TPSA) is 0 Å². The molecule has 0 aliphatic heterocycles. The van der Waals surface area contributed by atoms with Crippen molar-refractivity contribution in [3.8, 4) is 0 Å². The van der Waals surface area contributed by atoms with E-state index in [4.69, 9.17) is 0 Å². The predicted octanol–water partition coefficient (Wildman–Crippen LogP) is 3.17. The number of halogens is 4. The van der Waals surface area contributed by atoms with Crippen molar-refractivity contribution in [2.24, 2.45) is 0 Å². The van der Waals surface area contributed by atoms with Crippen LogP contribution < -0.4 is 0 Å². The number of alkyl halides is 4. The van der Waals surface area contributed by atoms with E-state index < -0.39 is 25.7 Å². The van der Waals surface area contributed by atoms with Crippen LogP contribution in [0.3, 0.4) is 0 Å². The van der Waals surface area contributed by atoms with Crippen LogP contribution in [0.5, 0.6) is 0 Å². The lowest BCUT2D eigenvalue weighted by atomic mass is 10.2. The molecule has 0 heterocycles. The van der Waals surface area contributed by atoms with Crippen molar-refractivity contribution in [1.29, 1.82) is 0 Å². The van der Waals surface area contributed by atoms with Crippen LogP contribution in [0, 0.1) is 0 Å². The number of hydrogen-bond acceptors (Lipinski definition) is 0. The monoisotopic (exact) mass is 302 g/mol. The maximum absolute atomic E-state index is 13.2. The summed E-state index contributed by atoms with van der Waals surface area (Å²) in [6.07, 6.45) is -0.238. The first-order chi connectivity index (χ1) is 8.70. The van der Waals surface area contributed by atoms with E-state index in [1.807, 2.05) is 0 Å². The Morgan fingerprint density at radius 3 is 1.44 bits per heavy atom. The SMILES string of the molecule is FCCCC(F)C[SiH2]CC[SiH2]CC(F)CCCF. The second-order valence-corrected chi connectivity index (χ2v) is 8.83. The Bertz CT molecular complexity index is 154. The quantitative estimate of drug-likeness (QED) is 0.278. The average molecular weight is 303 g/mol. The highest BCUT2D eigenvalue weighted by atomic mass is 28.2. The molecule has 0 bridgehead atoms. The second kappa shape index (κ2) is 13.6. The summed E-state index contributed by atoms with van der Waals surface area (Å²) in [6.45, 7) is -0.850. The molecule has 2 atom stereocenters. The molecule has 2 unspecified atom stereocenters. The van der Waals surface area contributed by atoms with Gasteiger partial charge in [0, 0.05) is 19.0 Å². The van der Waals surface area contributed by atoms with Crippen molar-refractivity contribution in [3.05, 3.63) is 0 Å². The molecule has 0 aliphatic rings. The molecule has 0 aromatic heterocycles. The highest BCUT2D eigenvalue weighted by Gasteiger charge is 2.08. The molecule has 6 heteroatoms. The van der Waals surface area contributed by atoms with Gasteiger partial charge >= 0.3 is 0 Å². The standard InChI is InChI=1S/C12H26F4Si2/c13-5-1-3-11(15)9-17-7-8-18-10-12(16)4-2-6-14/h11-12H,1-10,17-18H2. The summed E-state index contributed by atoms with van der Waals surface area (Å²) in [5.41, 5.74) is 0. The van der Waals surface area contributed by atoms with E-state index >= 15 is 0 Å². The van der Waals surface area contributed by atoms with E-state index in [1.54, 1.807) is 0 Å². The van der Waals surface area contributed by atoms with Gasteiger partial charge in [0.15, 0.2) is 0 Å². The lowest BCUT2D eigenvalue weighted by molar-refractivity contribution is 0.315. The smallest absolute Gasteiger partial charge is 0.0974 e. The molecule has 0 amide bonds. The van der Waals surface area contributed by atoms with Gasteiger partial charge in [-0.25, -0.2) is 8.78 Å². The van der Waals surface area contributed by atoms with Crippen molar-refractivity contribution in [2.75, 3.05) is 13.3 Å². The van der Waals surface area contributed by atoms with Crippen molar-refractivity contribution in [2.45, 2.75) is 62.2 Å². The van der Waals surface area contributed by atoms with Gasteiger partial charge in [0.25, 0.3) is 0 Å². The van der Waals surface area contributed by atoms with Crippen LogP contribution in [0.2, 0.25) is 24.2 Å². The molecule has 0 spiro atoms. The summed E-state index contributed by atoms with van der Waals surface area (Å²) in [7, 11) is -0.740. The van der Waals surface area contributed by atoms with Gasteiger partial charge in [0.1, 0.15) is 0 Å². The van der Waals surface area contributed by atoms with Crippen molar-refractivity contribution in [1.82, 2.24) is 0 Å². The van der Waals surface area contributed by atoms with Gasteiger partial charge in [0.05, 0.1) is 25.7 Å². The molecular formula is C12H26F4Si2. The largest absolute Gasteiger partial charge is 0.251 e. The van der Waals surface area contributed by atoms with Crippen molar-refractivity contribution < 1.29 is 17.6 Å². The fraction of sp³-hybridized carbons (Fsp3) is 1.00. The van der Waals surface area contributed by atoms with Gasteiger partial charge < -0.3 is 0 Å². The zero-order valence-electron chi connectivity index (χ0n) is 11.2. The minimum Gasteiger partial charge on any atom is -0.251 e. The Morgan fingerprint density at radius 1 is 0.722 bits per heavy atom. The Morgan fingerprint density at radius 2 is 1.11 bits per heavy atom. The van der Waals surface area contributed by atoms with Gasteiger partial charge in [-0.05, 0) is 37.8 Å². The van der Waals surface area contributed by atoms with E-state index in [0.29, 0.717) is 37.8 Å². The summed E-state index contributed by atoms with van der Waals surface area (Å²) < 4.78 is 49.9. The summed E-state index contributed by atoms with van der Waals surface area (Å²) in [4.78, 5) is 0. The lowest BCUT2D eigenvalue weighted by Crippen LogP contribution is -2.07. The van der Waals surface area contributed by atoms with E-state index in [-0.39, 0.29) is 19.0 Å². The highest BCUT2D eigenvalue weighted by molar-refractivity contribution is 6.42. The third-order valence-electron chi connectivity index (χ3n) is 3.09. The molecule has 18 heavy (non-hydrogen) atoms.